The Kier molecular flexibility index (Phi) is 6.18. The molecule has 0 amide bonds. The molecule has 1 aromatic rings. The Morgan fingerprint density at radius 1 is 1.28 bits per heavy atom. The first-order chi connectivity index (χ1) is 8.73. The summed E-state index contributed by atoms with van der Waals surface area (Å²) in [6.45, 7) is 10.1. The minimum atomic E-state index is 0.338. The van der Waals surface area contributed by atoms with Crippen LogP contribution in [0.4, 0.5) is 0 Å². The summed E-state index contributed by atoms with van der Waals surface area (Å²) in [4.78, 5) is 0. The lowest BCUT2D eigenvalue weighted by atomic mass is 10.3. The van der Waals surface area contributed by atoms with Crippen molar-refractivity contribution >= 4 is 6.21 Å². The fraction of sp³-hybridized carbons (Fsp3) is 0.750. The van der Waals surface area contributed by atoms with Gasteiger partial charge in [0.15, 0.2) is 0 Å². The van der Waals surface area contributed by atoms with Crippen LogP contribution in [-0.4, -0.2) is 38.5 Å². The molecule has 0 fully saturated rings. The van der Waals surface area contributed by atoms with Crippen molar-refractivity contribution in [1.29, 1.82) is 0 Å². The quantitative estimate of drug-likeness (QED) is 0.769. The number of hydrogen-bond donors (Lipinski definition) is 0. The summed E-state index contributed by atoms with van der Waals surface area (Å²) in [7, 11) is 0. The Labute approximate surface area is 108 Å². The molecule has 0 radical (unpaired) electrons. The molecule has 6 heteroatoms. The summed E-state index contributed by atoms with van der Waals surface area (Å²) < 4.78 is 3.70. The SMILES string of the molecule is CCC1C=[N+](CC)N=N1.CCc1cn(CC)nn1. The second kappa shape index (κ2) is 7.68. The van der Waals surface area contributed by atoms with E-state index in [4.69, 9.17) is 0 Å². The van der Waals surface area contributed by atoms with Crippen molar-refractivity contribution in [3.63, 3.8) is 0 Å². The molecular formula is C12H23N6+. The van der Waals surface area contributed by atoms with E-state index in [0.717, 1.165) is 31.6 Å². The predicted octanol–water partition coefficient (Wildman–Crippen LogP) is 2.11. The van der Waals surface area contributed by atoms with Crippen molar-refractivity contribution in [2.75, 3.05) is 6.54 Å². The maximum Gasteiger partial charge on any atom is 0.222 e. The van der Waals surface area contributed by atoms with Crippen LogP contribution in [0, 0.1) is 0 Å². The van der Waals surface area contributed by atoms with Gasteiger partial charge < -0.3 is 0 Å². The minimum Gasteiger partial charge on any atom is -0.253 e. The molecule has 0 spiro atoms. The topological polar surface area (TPSA) is 58.4 Å². The maximum atomic E-state index is 4.00. The first-order valence-corrected chi connectivity index (χ1v) is 6.64. The normalized spacial score (nSPS) is 17.3. The van der Waals surface area contributed by atoms with Crippen LogP contribution in [0.5, 0.6) is 0 Å². The molecule has 0 saturated carbocycles. The predicted molar refractivity (Wildman–Crippen MR) is 70.9 cm³/mol. The molecule has 1 aromatic heterocycles. The Bertz CT molecular complexity index is 388. The van der Waals surface area contributed by atoms with Crippen LogP contribution in [0.25, 0.3) is 0 Å². The van der Waals surface area contributed by atoms with Crippen LogP contribution < -0.4 is 0 Å². The van der Waals surface area contributed by atoms with Gasteiger partial charge in [-0.15, -0.1) is 9.78 Å². The van der Waals surface area contributed by atoms with Crippen molar-refractivity contribution in [1.82, 2.24) is 15.0 Å². The van der Waals surface area contributed by atoms with E-state index >= 15 is 0 Å². The molecule has 2 heterocycles. The molecule has 100 valence electrons. The highest BCUT2D eigenvalue weighted by molar-refractivity contribution is 5.59. The highest BCUT2D eigenvalue weighted by Gasteiger charge is 2.17. The zero-order valence-electron chi connectivity index (χ0n) is 11.7. The van der Waals surface area contributed by atoms with Crippen molar-refractivity contribution in [2.24, 2.45) is 10.3 Å². The first-order valence-electron chi connectivity index (χ1n) is 6.64. The van der Waals surface area contributed by atoms with E-state index in [9.17, 15) is 0 Å². The summed E-state index contributed by atoms with van der Waals surface area (Å²) in [5.41, 5.74) is 1.07. The fourth-order valence-corrected chi connectivity index (χ4v) is 1.40. The molecule has 0 aliphatic carbocycles. The van der Waals surface area contributed by atoms with Gasteiger partial charge in [0.05, 0.1) is 5.69 Å². The summed E-state index contributed by atoms with van der Waals surface area (Å²) >= 11 is 0. The number of aryl methyl sites for hydroxylation is 2. The molecule has 1 unspecified atom stereocenters. The third kappa shape index (κ3) is 4.35. The van der Waals surface area contributed by atoms with Crippen molar-refractivity contribution < 1.29 is 4.68 Å². The van der Waals surface area contributed by atoms with Crippen LogP contribution in [0.2, 0.25) is 0 Å². The van der Waals surface area contributed by atoms with E-state index in [1.165, 1.54) is 0 Å². The van der Waals surface area contributed by atoms with E-state index in [1.54, 1.807) is 0 Å². The van der Waals surface area contributed by atoms with Crippen LogP contribution >= 0.6 is 0 Å². The van der Waals surface area contributed by atoms with Gasteiger partial charge in [-0.25, -0.2) is 0 Å². The summed E-state index contributed by atoms with van der Waals surface area (Å²) in [5, 5.41) is 15.7. The third-order valence-corrected chi connectivity index (χ3v) is 2.67. The molecule has 1 atom stereocenters. The number of aromatic nitrogens is 3. The second-order valence-corrected chi connectivity index (χ2v) is 4.00. The monoisotopic (exact) mass is 251 g/mol. The Morgan fingerprint density at radius 3 is 2.39 bits per heavy atom. The number of nitrogens with zero attached hydrogens (tertiary/aromatic N) is 6. The zero-order chi connectivity index (χ0) is 13.4. The Balaban J connectivity index is 0.000000180. The van der Waals surface area contributed by atoms with Gasteiger partial charge in [0.2, 0.25) is 6.04 Å². The van der Waals surface area contributed by atoms with Crippen LogP contribution in [-0.2, 0) is 13.0 Å². The van der Waals surface area contributed by atoms with E-state index in [-0.39, 0.29) is 0 Å². The lowest BCUT2D eigenvalue weighted by molar-refractivity contribution is -0.528. The van der Waals surface area contributed by atoms with Gasteiger partial charge in [-0.3, -0.25) is 4.68 Å². The Morgan fingerprint density at radius 2 is 2.06 bits per heavy atom. The standard InChI is InChI=1S/C6H12N3.C6H11N3/c2*1-3-6-5-9(4-2)8-7-6/h5-6H,3-4H2,1-2H3;5H,3-4H2,1-2H3/q+1;. The maximum absolute atomic E-state index is 4.00. The average molecular weight is 251 g/mol. The molecule has 0 aromatic carbocycles. The molecule has 0 saturated heterocycles. The summed E-state index contributed by atoms with van der Waals surface area (Å²) in [6, 6.07) is 0.338. The highest BCUT2D eigenvalue weighted by Crippen LogP contribution is 2.01. The van der Waals surface area contributed by atoms with E-state index in [1.807, 2.05) is 22.5 Å². The van der Waals surface area contributed by atoms with Crippen LogP contribution in [0.1, 0.15) is 39.8 Å². The number of rotatable bonds is 4. The molecule has 0 N–H and O–H groups in total. The van der Waals surface area contributed by atoms with Gasteiger partial charge >= 0.3 is 0 Å². The smallest absolute Gasteiger partial charge is 0.222 e. The van der Waals surface area contributed by atoms with Gasteiger partial charge in [-0.05, 0) is 26.7 Å². The van der Waals surface area contributed by atoms with E-state index < -0.39 is 0 Å². The minimum absolute atomic E-state index is 0.338. The van der Waals surface area contributed by atoms with E-state index in [2.05, 4.69) is 47.6 Å². The van der Waals surface area contributed by atoms with Crippen LogP contribution in [0.3, 0.4) is 0 Å². The number of hydrogen-bond acceptors (Lipinski definition) is 4. The van der Waals surface area contributed by atoms with Gasteiger partial charge in [-0.1, -0.05) is 19.1 Å². The molecular weight excluding hydrogens is 228 g/mol. The molecule has 1 aliphatic heterocycles. The van der Waals surface area contributed by atoms with Gasteiger partial charge in [0.25, 0.3) is 0 Å². The first kappa shape index (κ1) is 14.5. The zero-order valence-corrected chi connectivity index (χ0v) is 11.7. The third-order valence-electron chi connectivity index (χ3n) is 2.67. The largest absolute Gasteiger partial charge is 0.253 e. The Hall–Kier alpha value is -1.59. The fourth-order valence-electron chi connectivity index (χ4n) is 1.40. The van der Waals surface area contributed by atoms with Gasteiger partial charge in [0, 0.05) is 17.9 Å². The van der Waals surface area contributed by atoms with Crippen molar-refractivity contribution in [3.05, 3.63) is 11.9 Å². The molecule has 18 heavy (non-hydrogen) atoms. The van der Waals surface area contributed by atoms with Crippen LogP contribution in [0.15, 0.2) is 16.5 Å². The summed E-state index contributed by atoms with van der Waals surface area (Å²) in [5.74, 6) is 0. The molecule has 2 rings (SSSR count). The lowest BCUT2D eigenvalue weighted by Crippen LogP contribution is -2.06. The average Bonchev–Trinajstić information content (AvgIpc) is 3.07. The van der Waals surface area contributed by atoms with Gasteiger partial charge in [0.1, 0.15) is 18.0 Å². The van der Waals surface area contributed by atoms with Crippen molar-refractivity contribution in [2.45, 2.75) is 53.1 Å². The second-order valence-electron chi connectivity index (χ2n) is 4.00. The molecule has 6 nitrogen and oxygen atoms in total. The highest BCUT2D eigenvalue weighted by atomic mass is 15.5. The molecule has 0 bridgehead atoms. The lowest BCUT2D eigenvalue weighted by Gasteiger charge is -1.86. The van der Waals surface area contributed by atoms with E-state index in [0.29, 0.717) is 6.04 Å². The summed E-state index contributed by atoms with van der Waals surface area (Å²) in [6.07, 6.45) is 6.06. The van der Waals surface area contributed by atoms with Gasteiger partial charge in [-0.2, -0.15) is 0 Å². The molecule has 1 aliphatic rings. The van der Waals surface area contributed by atoms with Crippen molar-refractivity contribution in [3.8, 4) is 0 Å².